The van der Waals surface area contributed by atoms with Crippen LogP contribution in [0.4, 0.5) is 0 Å². The summed E-state index contributed by atoms with van der Waals surface area (Å²) in [4.78, 5) is 24.1. The average Bonchev–Trinajstić information content (AvgIpc) is 3.46. The summed E-state index contributed by atoms with van der Waals surface area (Å²) in [6.45, 7) is 0. The summed E-state index contributed by atoms with van der Waals surface area (Å²) >= 11 is 0. The Labute approximate surface area is 151 Å². The zero-order chi connectivity index (χ0) is 18.7. The van der Waals surface area contributed by atoms with Gasteiger partial charge in [0.2, 0.25) is 5.91 Å². The number of rotatable bonds is 7. The van der Waals surface area contributed by atoms with Crippen molar-refractivity contribution in [2.75, 3.05) is 14.2 Å². The third-order valence-electron chi connectivity index (χ3n) is 4.63. The number of ether oxygens (including phenoxy) is 2. The van der Waals surface area contributed by atoms with E-state index in [-0.39, 0.29) is 17.7 Å². The van der Waals surface area contributed by atoms with Crippen molar-refractivity contribution in [3.63, 3.8) is 0 Å². The Balaban J connectivity index is 1.74. The van der Waals surface area contributed by atoms with E-state index in [1.54, 1.807) is 50.6 Å². The molecule has 3 atom stereocenters. The highest BCUT2D eigenvalue weighted by Gasteiger charge is 2.46. The lowest BCUT2D eigenvalue weighted by atomic mass is 10.1. The Bertz CT molecular complexity index is 805. The van der Waals surface area contributed by atoms with Gasteiger partial charge < -0.3 is 19.9 Å². The van der Waals surface area contributed by atoms with E-state index in [2.05, 4.69) is 5.32 Å². The topological polar surface area (TPSA) is 84.9 Å². The van der Waals surface area contributed by atoms with Crippen LogP contribution in [-0.2, 0) is 9.59 Å². The van der Waals surface area contributed by atoms with Crippen LogP contribution in [0.25, 0.3) is 0 Å². The van der Waals surface area contributed by atoms with E-state index in [1.165, 1.54) is 0 Å². The van der Waals surface area contributed by atoms with Crippen molar-refractivity contribution in [3.8, 4) is 11.5 Å². The number of hydrogen-bond acceptors (Lipinski definition) is 4. The fourth-order valence-electron chi connectivity index (χ4n) is 3.14. The molecule has 1 aliphatic carbocycles. The van der Waals surface area contributed by atoms with Gasteiger partial charge in [0.15, 0.2) is 6.04 Å². The molecular weight excluding hydrogens is 334 g/mol. The summed E-state index contributed by atoms with van der Waals surface area (Å²) in [6.07, 6.45) is 0.649. The third-order valence-corrected chi connectivity index (χ3v) is 4.63. The molecule has 0 aromatic heterocycles. The Kier molecular flexibility index (Phi) is 5.11. The molecule has 0 radical (unpaired) electrons. The van der Waals surface area contributed by atoms with Gasteiger partial charge >= 0.3 is 5.97 Å². The second kappa shape index (κ2) is 7.47. The maximum absolute atomic E-state index is 12.6. The minimum atomic E-state index is -1.08. The van der Waals surface area contributed by atoms with Crippen molar-refractivity contribution >= 4 is 11.9 Å². The average molecular weight is 355 g/mol. The molecule has 1 amide bonds. The van der Waals surface area contributed by atoms with Crippen LogP contribution in [0.15, 0.2) is 48.5 Å². The van der Waals surface area contributed by atoms with Gasteiger partial charge in [0.05, 0.1) is 14.2 Å². The molecular formula is C20H21NO5. The molecule has 3 unspecified atom stereocenters. The van der Waals surface area contributed by atoms with Crippen LogP contribution in [0.3, 0.4) is 0 Å². The Morgan fingerprint density at radius 3 is 2.46 bits per heavy atom. The van der Waals surface area contributed by atoms with Gasteiger partial charge in [-0.25, -0.2) is 4.79 Å². The fourth-order valence-corrected chi connectivity index (χ4v) is 3.14. The molecule has 0 bridgehead atoms. The largest absolute Gasteiger partial charge is 0.497 e. The predicted molar refractivity (Wildman–Crippen MR) is 95.4 cm³/mol. The van der Waals surface area contributed by atoms with Crippen LogP contribution in [-0.4, -0.2) is 31.2 Å². The SMILES string of the molecule is COc1ccc(OC)c(C2CC2C(=O)NC(C(=O)O)c2ccccc2)c1. The highest BCUT2D eigenvalue weighted by Crippen LogP contribution is 2.51. The van der Waals surface area contributed by atoms with Gasteiger partial charge in [-0.2, -0.15) is 0 Å². The standard InChI is InChI=1S/C20H21NO5/c1-25-13-8-9-17(26-2)15(10-13)14-11-16(14)19(22)21-18(20(23)24)12-6-4-3-5-7-12/h3-10,14,16,18H,11H2,1-2H3,(H,21,22)(H,23,24). The van der Waals surface area contributed by atoms with Crippen LogP contribution >= 0.6 is 0 Å². The summed E-state index contributed by atoms with van der Waals surface area (Å²) in [5.74, 6) is -0.243. The molecule has 6 heteroatoms. The van der Waals surface area contributed by atoms with Crippen LogP contribution in [0.5, 0.6) is 11.5 Å². The molecule has 6 nitrogen and oxygen atoms in total. The first-order valence-corrected chi connectivity index (χ1v) is 8.35. The minimum absolute atomic E-state index is 0.00901. The molecule has 0 spiro atoms. The van der Waals surface area contributed by atoms with E-state index in [1.807, 2.05) is 12.1 Å². The predicted octanol–water partition coefficient (Wildman–Crippen LogP) is 2.75. The van der Waals surface area contributed by atoms with E-state index in [9.17, 15) is 14.7 Å². The number of carboxylic acid groups (broad SMARTS) is 1. The van der Waals surface area contributed by atoms with Gasteiger partial charge in [0.25, 0.3) is 0 Å². The Hall–Kier alpha value is -3.02. The number of carbonyl (C=O) groups is 2. The molecule has 2 N–H and O–H groups in total. The van der Waals surface area contributed by atoms with Crippen molar-refractivity contribution in [2.45, 2.75) is 18.4 Å². The lowest BCUT2D eigenvalue weighted by Crippen LogP contribution is -2.35. The van der Waals surface area contributed by atoms with Crippen molar-refractivity contribution < 1.29 is 24.2 Å². The summed E-state index contributed by atoms with van der Waals surface area (Å²) in [5.41, 5.74) is 1.45. The highest BCUT2D eigenvalue weighted by atomic mass is 16.5. The number of carboxylic acids is 1. The molecule has 3 rings (SSSR count). The maximum atomic E-state index is 12.6. The lowest BCUT2D eigenvalue weighted by molar-refractivity contribution is -0.142. The first-order valence-electron chi connectivity index (χ1n) is 8.35. The molecule has 0 heterocycles. The first-order chi connectivity index (χ1) is 12.5. The van der Waals surface area contributed by atoms with Gasteiger partial charge in [-0.3, -0.25) is 4.79 Å². The summed E-state index contributed by atoms with van der Waals surface area (Å²) in [5, 5.41) is 12.1. The number of nitrogens with one attached hydrogen (secondary N) is 1. The normalized spacial score (nSPS) is 19.3. The van der Waals surface area contributed by atoms with E-state index in [0.717, 1.165) is 5.56 Å². The number of amides is 1. The summed E-state index contributed by atoms with van der Waals surface area (Å²) < 4.78 is 10.6. The van der Waals surface area contributed by atoms with Crippen molar-refractivity contribution in [1.82, 2.24) is 5.32 Å². The van der Waals surface area contributed by atoms with Gasteiger partial charge in [-0.15, -0.1) is 0 Å². The quantitative estimate of drug-likeness (QED) is 0.798. The molecule has 1 aliphatic rings. The second-order valence-electron chi connectivity index (χ2n) is 6.25. The lowest BCUT2D eigenvalue weighted by Gasteiger charge is -2.15. The molecule has 2 aromatic rings. The number of carbonyl (C=O) groups excluding carboxylic acids is 1. The van der Waals surface area contributed by atoms with Gasteiger partial charge in [0, 0.05) is 17.4 Å². The summed E-state index contributed by atoms with van der Waals surface area (Å²) in [7, 11) is 3.17. The molecule has 1 saturated carbocycles. The second-order valence-corrected chi connectivity index (χ2v) is 6.25. The maximum Gasteiger partial charge on any atom is 0.330 e. The van der Waals surface area contributed by atoms with Crippen LogP contribution < -0.4 is 14.8 Å². The molecule has 0 aliphatic heterocycles. The van der Waals surface area contributed by atoms with Gasteiger partial charge in [0.1, 0.15) is 11.5 Å². The molecule has 26 heavy (non-hydrogen) atoms. The number of benzene rings is 2. The molecule has 136 valence electrons. The van der Waals surface area contributed by atoms with E-state index >= 15 is 0 Å². The molecule has 2 aromatic carbocycles. The first kappa shape index (κ1) is 17.8. The Morgan fingerprint density at radius 2 is 1.85 bits per heavy atom. The fraction of sp³-hybridized carbons (Fsp3) is 0.300. The zero-order valence-electron chi connectivity index (χ0n) is 14.6. The van der Waals surface area contributed by atoms with Crippen molar-refractivity contribution in [2.24, 2.45) is 5.92 Å². The summed E-state index contributed by atoms with van der Waals surface area (Å²) in [6, 6.07) is 13.1. The van der Waals surface area contributed by atoms with Gasteiger partial charge in [-0.05, 0) is 30.2 Å². The van der Waals surface area contributed by atoms with Crippen LogP contribution in [0.1, 0.15) is 29.5 Å². The number of methoxy groups -OCH3 is 2. The van der Waals surface area contributed by atoms with Crippen molar-refractivity contribution in [1.29, 1.82) is 0 Å². The monoisotopic (exact) mass is 355 g/mol. The number of aliphatic carboxylic acids is 1. The Morgan fingerprint density at radius 1 is 1.12 bits per heavy atom. The van der Waals surface area contributed by atoms with E-state index < -0.39 is 12.0 Å². The van der Waals surface area contributed by atoms with E-state index in [4.69, 9.17) is 9.47 Å². The van der Waals surface area contributed by atoms with E-state index in [0.29, 0.717) is 23.5 Å². The van der Waals surface area contributed by atoms with Crippen LogP contribution in [0, 0.1) is 5.92 Å². The smallest absolute Gasteiger partial charge is 0.330 e. The zero-order valence-corrected chi connectivity index (χ0v) is 14.6. The molecule has 1 fully saturated rings. The van der Waals surface area contributed by atoms with Crippen molar-refractivity contribution in [3.05, 3.63) is 59.7 Å². The minimum Gasteiger partial charge on any atom is -0.497 e. The third kappa shape index (κ3) is 3.64. The molecule has 0 saturated heterocycles. The van der Waals surface area contributed by atoms with Crippen LogP contribution in [0.2, 0.25) is 0 Å². The number of hydrogen-bond donors (Lipinski definition) is 2. The van der Waals surface area contributed by atoms with Gasteiger partial charge in [-0.1, -0.05) is 30.3 Å². The highest BCUT2D eigenvalue weighted by molar-refractivity contribution is 5.88.